The fourth-order valence-electron chi connectivity index (χ4n) is 3.76. The molecule has 0 saturated heterocycles. The molecule has 2 amide bonds. The third-order valence-electron chi connectivity index (χ3n) is 5.18. The minimum absolute atomic E-state index is 0.108. The van der Waals surface area contributed by atoms with Crippen molar-refractivity contribution in [1.82, 2.24) is 4.90 Å². The fraction of sp³-hybridized carbons (Fsp3) is 0.364. The van der Waals surface area contributed by atoms with Crippen LogP contribution in [-0.2, 0) is 11.2 Å². The molecule has 27 heavy (non-hydrogen) atoms. The highest BCUT2D eigenvalue weighted by Gasteiger charge is 2.24. The first kappa shape index (κ1) is 19.1. The van der Waals surface area contributed by atoms with E-state index in [1.54, 1.807) is 24.3 Å². The summed E-state index contributed by atoms with van der Waals surface area (Å²) in [6.07, 6.45) is 5.64. The van der Waals surface area contributed by atoms with E-state index in [1.807, 2.05) is 18.2 Å². The van der Waals surface area contributed by atoms with Crippen LogP contribution in [0.4, 0.5) is 5.69 Å². The summed E-state index contributed by atoms with van der Waals surface area (Å²) in [6, 6.07) is 17.7. The van der Waals surface area contributed by atoms with E-state index in [1.165, 1.54) is 18.4 Å². The third kappa shape index (κ3) is 5.41. The molecule has 0 aliphatic heterocycles. The van der Waals surface area contributed by atoms with E-state index in [0.29, 0.717) is 23.8 Å². The number of nitrogens with two attached hydrogens (primary N) is 1. The van der Waals surface area contributed by atoms with Crippen molar-refractivity contribution in [3.8, 4) is 0 Å². The summed E-state index contributed by atoms with van der Waals surface area (Å²) in [7, 11) is 0. The molecule has 0 atom stereocenters. The number of nitrogens with zero attached hydrogens (tertiary/aromatic N) is 1. The van der Waals surface area contributed by atoms with Gasteiger partial charge in [0.15, 0.2) is 0 Å². The lowest BCUT2D eigenvalue weighted by atomic mass is 10.1. The van der Waals surface area contributed by atoms with Gasteiger partial charge in [-0.1, -0.05) is 55.3 Å². The average molecular weight is 365 g/mol. The monoisotopic (exact) mass is 365 g/mol. The first-order valence-corrected chi connectivity index (χ1v) is 9.60. The topological polar surface area (TPSA) is 75.4 Å². The van der Waals surface area contributed by atoms with Gasteiger partial charge in [0.1, 0.15) is 0 Å². The van der Waals surface area contributed by atoms with Crippen molar-refractivity contribution in [2.45, 2.75) is 38.1 Å². The first-order valence-electron chi connectivity index (χ1n) is 9.60. The zero-order valence-electron chi connectivity index (χ0n) is 15.6. The van der Waals surface area contributed by atoms with E-state index in [2.05, 4.69) is 22.3 Å². The number of rotatable bonds is 8. The Hall–Kier alpha value is -2.66. The Labute approximate surface area is 160 Å². The summed E-state index contributed by atoms with van der Waals surface area (Å²) >= 11 is 0. The second-order valence-electron chi connectivity index (χ2n) is 7.10. The van der Waals surface area contributed by atoms with Crippen molar-refractivity contribution >= 4 is 17.5 Å². The Morgan fingerprint density at radius 3 is 2.37 bits per heavy atom. The summed E-state index contributed by atoms with van der Waals surface area (Å²) in [6.45, 7) is 1.17. The van der Waals surface area contributed by atoms with Crippen LogP contribution in [0.1, 0.15) is 41.6 Å². The Morgan fingerprint density at radius 2 is 1.67 bits per heavy atom. The maximum atomic E-state index is 12.7. The lowest BCUT2D eigenvalue weighted by Crippen LogP contribution is -2.41. The number of nitrogens with one attached hydrogen (secondary N) is 1. The van der Waals surface area contributed by atoms with Gasteiger partial charge in [0.25, 0.3) is 5.91 Å². The number of carbonyl (C=O) groups is 2. The van der Waals surface area contributed by atoms with Gasteiger partial charge in [-0.15, -0.1) is 0 Å². The van der Waals surface area contributed by atoms with Crippen molar-refractivity contribution in [3.63, 3.8) is 0 Å². The molecule has 5 heteroatoms. The van der Waals surface area contributed by atoms with Crippen LogP contribution in [0.25, 0.3) is 0 Å². The summed E-state index contributed by atoms with van der Waals surface area (Å²) < 4.78 is 0. The molecule has 142 valence electrons. The molecule has 0 aromatic heterocycles. The Kier molecular flexibility index (Phi) is 6.60. The van der Waals surface area contributed by atoms with Crippen molar-refractivity contribution in [3.05, 3.63) is 65.7 Å². The normalized spacial score (nSPS) is 14.4. The molecule has 3 rings (SSSR count). The number of carbonyl (C=O) groups excluding carboxylic acids is 2. The van der Waals surface area contributed by atoms with Crippen molar-refractivity contribution in [2.24, 2.45) is 5.73 Å². The van der Waals surface area contributed by atoms with Crippen LogP contribution in [0.3, 0.4) is 0 Å². The number of hydrogen-bond acceptors (Lipinski definition) is 3. The molecule has 0 heterocycles. The third-order valence-corrected chi connectivity index (χ3v) is 5.18. The van der Waals surface area contributed by atoms with Crippen molar-refractivity contribution < 1.29 is 9.59 Å². The number of para-hydroxylation sites is 1. The van der Waals surface area contributed by atoms with Gasteiger partial charge in [-0.2, -0.15) is 0 Å². The maximum Gasteiger partial charge on any atom is 0.250 e. The minimum Gasteiger partial charge on any atom is -0.366 e. The molecule has 0 spiro atoms. The van der Waals surface area contributed by atoms with Crippen molar-refractivity contribution in [1.29, 1.82) is 0 Å². The summed E-state index contributed by atoms with van der Waals surface area (Å²) in [4.78, 5) is 26.5. The molecule has 1 aliphatic rings. The number of amides is 2. The van der Waals surface area contributed by atoms with Gasteiger partial charge in [0.2, 0.25) is 5.91 Å². The molecule has 2 aromatic carbocycles. The average Bonchev–Trinajstić information content (AvgIpc) is 3.21. The molecule has 0 bridgehead atoms. The van der Waals surface area contributed by atoms with Gasteiger partial charge in [0, 0.05) is 12.6 Å². The lowest BCUT2D eigenvalue weighted by molar-refractivity contribution is -0.117. The van der Waals surface area contributed by atoms with Crippen LogP contribution in [0.2, 0.25) is 0 Å². The van der Waals surface area contributed by atoms with Gasteiger partial charge in [-0.3, -0.25) is 14.5 Å². The largest absolute Gasteiger partial charge is 0.366 e. The van der Waals surface area contributed by atoms with Gasteiger partial charge in [0.05, 0.1) is 17.8 Å². The number of anilines is 1. The molecule has 3 N–H and O–H groups in total. The zero-order valence-corrected chi connectivity index (χ0v) is 15.6. The predicted molar refractivity (Wildman–Crippen MR) is 108 cm³/mol. The smallest absolute Gasteiger partial charge is 0.250 e. The Bertz CT molecular complexity index is 770. The highest BCUT2D eigenvalue weighted by Crippen LogP contribution is 2.24. The van der Waals surface area contributed by atoms with E-state index in [-0.39, 0.29) is 5.91 Å². The molecule has 0 radical (unpaired) electrons. The highest BCUT2D eigenvalue weighted by molar-refractivity contribution is 6.03. The SMILES string of the molecule is NC(=O)c1ccccc1NC(=O)CN(CCc1ccccc1)C1CCCC1. The van der Waals surface area contributed by atoms with Gasteiger partial charge < -0.3 is 11.1 Å². The van der Waals surface area contributed by atoms with Crippen LogP contribution < -0.4 is 11.1 Å². The standard InChI is InChI=1S/C22H27N3O2/c23-22(27)19-12-6-7-13-20(19)24-21(26)16-25(18-10-4-5-11-18)15-14-17-8-2-1-3-9-17/h1-3,6-9,12-13,18H,4-5,10-11,14-16H2,(H2,23,27)(H,24,26). The van der Waals surface area contributed by atoms with Gasteiger partial charge in [-0.25, -0.2) is 0 Å². The summed E-state index contributed by atoms with van der Waals surface area (Å²) in [5.74, 6) is -0.647. The molecule has 2 aromatic rings. The summed E-state index contributed by atoms with van der Waals surface area (Å²) in [5.41, 5.74) is 7.49. The second-order valence-corrected chi connectivity index (χ2v) is 7.10. The highest BCUT2D eigenvalue weighted by atomic mass is 16.2. The maximum absolute atomic E-state index is 12.7. The minimum atomic E-state index is -0.539. The van der Waals surface area contributed by atoms with E-state index in [9.17, 15) is 9.59 Å². The molecule has 1 saturated carbocycles. The van der Waals surface area contributed by atoms with Crippen LogP contribution >= 0.6 is 0 Å². The number of benzene rings is 2. The van der Waals surface area contributed by atoms with Crippen LogP contribution in [0.5, 0.6) is 0 Å². The molecule has 1 fully saturated rings. The predicted octanol–water partition coefficient (Wildman–Crippen LogP) is 3.21. The number of primary amides is 1. The summed E-state index contributed by atoms with van der Waals surface area (Å²) in [5, 5.41) is 2.86. The van der Waals surface area contributed by atoms with E-state index >= 15 is 0 Å². The van der Waals surface area contributed by atoms with Crippen LogP contribution in [0, 0.1) is 0 Å². The molecule has 1 aliphatic carbocycles. The first-order chi connectivity index (χ1) is 13.1. The van der Waals surface area contributed by atoms with Gasteiger partial charge >= 0.3 is 0 Å². The number of hydrogen-bond donors (Lipinski definition) is 2. The molecular weight excluding hydrogens is 338 g/mol. The van der Waals surface area contributed by atoms with Crippen molar-refractivity contribution in [2.75, 3.05) is 18.4 Å². The Balaban J connectivity index is 1.64. The van der Waals surface area contributed by atoms with Crippen LogP contribution in [-0.4, -0.2) is 35.8 Å². The Morgan fingerprint density at radius 1 is 1.00 bits per heavy atom. The van der Waals surface area contributed by atoms with Gasteiger partial charge in [-0.05, 0) is 37.0 Å². The lowest BCUT2D eigenvalue weighted by Gasteiger charge is -2.28. The fourth-order valence-corrected chi connectivity index (χ4v) is 3.76. The quantitative estimate of drug-likeness (QED) is 0.754. The molecule has 0 unspecified atom stereocenters. The molecular formula is C22H27N3O2. The van der Waals surface area contributed by atoms with Crippen LogP contribution in [0.15, 0.2) is 54.6 Å². The zero-order chi connectivity index (χ0) is 19.1. The van der Waals surface area contributed by atoms with E-state index in [0.717, 1.165) is 25.8 Å². The molecule has 5 nitrogen and oxygen atoms in total. The van der Waals surface area contributed by atoms with E-state index in [4.69, 9.17) is 5.73 Å². The second kappa shape index (κ2) is 9.33. The van der Waals surface area contributed by atoms with E-state index < -0.39 is 5.91 Å².